The summed E-state index contributed by atoms with van der Waals surface area (Å²) in [7, 11) is 3.81. The Labute approximate surface area is 144 Å². The van der Waals surface area contributed by atoms with Gasteiger partial charge in [0.2, 0.25) is 0 Å². The Morgan fingerprint density at radius 1 is 1.19 bits per heavy atom. The van der Waals surface area contributed by atoms with Crippen LogP contribution in [0.5, 0.6) is 5.75 Å². The molecule has 1 fully saturated rings. The number of hydrogen-bond donors (Lipinski definition) is 0. The van der Waals surface area contributed by atoms with E-state index in [0.717, 1.165) is 11.0 Å². The molecule has 0 saturated carbocycles. The molecule has 1 heterocycles. The fourth-order valence-corrected chi connectivity index (χ4v) is 2.75. The quantitative estimate of drug-likeness (QED) is 0.376. The molecule has 0 amide bonds. The molecule has 1 aromatic carbocycles. The number of carbonyl (C=O) groups excluding carboxylic acids is 1. The number of benzene rings is 1. The van der Waals surface area contributed by atoms with Gasteiger partial charge in [-0.25, -0.2) is 4.79 Å². The zero-order valence-electron chi connectivity index (χ0n) is 12.8. The molecule has 1 aliphatic rings. The standard InChI is InChI=1S/C16H24NO3.HI/c1-17(10-6-3-7-11-17)12-13-20-16(18)14-8-4-5-9-15(14)19-2;/h4-5,8-9H,3,6-7,10-13H2,1-2H3;1H/q+1;/p-1. The first-order valence-corrected chi connectivity index (χ1v) is 7.28. The maximum absolute atomic E-state index is 12.1. The van der Waals surface area contributed by atoms with Crippen LogP contribution in [0, 0.1) is 0 Å². The number of carbonyl (C=O) groups is 1. The maximum atomic E-state index is 12.1. The van der Waals surface area contributed by atoms with Gasteiger partial charge in [0.05, 0.1) is 27.2 Å². The van der Waals surface area contributed by atoms with E-state index in [1.807, 2.05) is 12.1 Å². The van der Waals surface area contributed by atoms with Crippen LogP contribution in [0.4, 0.5) is 0 Å². The predicted molar refractivity (Wildman–Crippen MR) is 77.9 cm³/mol. The molecule has 0 bridgehead atoms. The smallest absolute Gasteiger partial charge is 0.342 e. The number of quaternary nitrogens is 1. The molecule has 0 unspecified atom stereocenters. The molecule has 0 radical (unpaired) electrons. The number of esters is 1. The van der Waals surface area contributed by atoms with Crippen LogP contribution < -0.4 is 28.7 Å². The van der Waals surface area contributed by atoms with Crippen molar-refractivity contribution in [1.29, 1.82) is 0 Å². The molecule has 21 heavy (non-hydrogen) atoms. The Kier molecular flexibility index (Phi) is 7.45. The lowest BCUT2D eigenvalue weighted by atomic mass is 10.1. The van der Waals surface area contributed by atoms with E-state index < -0.39 is 0 Å². The predicted octanol–water partition coefficient (Wildman–Crippen LogP) is -0.513. The van der Waals surface area contributed by atoms with E-state index in [0.29, 0.717) is 17.9 Å². The Morgan fingerprint density at radius 3 is 2.52 bits per heavy atom. The molecule has 0 spiro atoms. The minimum Gasteiger partial charge on any atom is -1.00 e. The van der Waals surface area contributed by atoms with Crippen molar-refractivity contribution >= 4 is 5.97 Å². The summed E-state index contributed by atoms with van der Waals surface area (Å²) in [6.07, 6.45) is 3.88. The van der Waals surface area contributed by atoms with Crippen molar-refractivity contribution in [3.8, 4) is 5.75 Å². The van der Waals surface area contributed by atoms with Crippen molar-refractivity contribution in [3.63, 3.8) is 0 Å². The third-order valence-corrected chi connectivity index (χ3v) is 4.09. The monoisotopic (exact) mass is 405 g/mol. The molecule has 0 aliphatic carbocycles. The Hall–Kier alpha value is -0.820. The SMILES string of the molecule is COc1ccccc1C(=O)OCC[N+]1(C)CCCCC1.[I-]. The van der Waals surface area contributed by atoms with Gasteiger partial charge in [-0.2, -0.15) is 0 Å². The van der Waals surface area contributed by atoms with Crippen molar-refractivity contribution in [1.82, 2.24) is 0 Å². The highest BCUT2D eigenvalue weighted by molar-refractivity contribution is 5.92. The van der Waals surface area contributed by atoms with Gasteiger partial charge in [0.1, 0.15) is 24.5 Å². The van der Waals surface area contributed by atoms with E-state index in [2.05, 4.69) is 7.05 Å². The second-order valence-corrected chi connectivity index (χ2v) is 5.69. The molecule has 0 N–H and O–H groups in total. The van der Waals surface area contributed by atoms with Gasteiger partial charge in [-0.3, -0.25) is 0 Å². The highest BCUT2D eigenvalue weighted by Gasteiger charge is 2.25. The number of ether oxygens (including phenoxy) is 2. The van der Waals surface area contributed by atoms with Gasteiger partial charge in [0.15, 0.2) is 0 Å². The third kappa shape index (κ3) is 5.14. The molecular weight excluding hydrogens is 381 g/mol. The first kappa shape index (κ1) is 18.2. The van der Waals surface area contributed by atoms with Gasteiger partial charge in [0, 0.05) is 0 Å². The third-order valence-electron chi connectivity index (χ3n) is 4.09. The van der Waals surface area contributed by atoms with E-state index >= 15 is 0 Å². The lowest BCUT2D eigenvalue weighted by Crippen LogP contribution is -3.00. The summed E-state index contributed by atoms with van der Waals surface area (Å²) in [5.41, 5.74) is 0.497. The highest BCUT2D eigenvalue weighted by Crippen LogP contribution is 2.19. The van der Waals surface area contributed by atoms with Gasteiger partial charge in [-0.15, -0.1) is 0 Å². The normalized spacial score (nSPS) is 16.7. The molecule has 118 valence electrons. The molecule has 0 aromatic heterocycles. The van der Waals surface area contributed by atoms with Crippen LogP contribution in [0.25, 0.3) is 0 Å². The van der Waals surface area contributed by atoms with E-state index in [-0.39, 0.29) is 29.9 Å². The van der Waals surface area contributed by atoms with Gasteiger partial charge < -0.3 is 37.9 Å². The minimum absolute atomic E-state index is 0. The molecule has 4 nitrogen and oxygen atoms in total. The maximum Gasteiger partial charge on any atom is 0.342 e. The van der Waals surface area contributed by atoms with Crippen LogP contribution >= 0.6 is 0 Å². The average Bonchev–Trinajstić information content (AvgIpc) is 2.47. The van der Waals surface area contributed by atoms with Crippen molar-refractivity contribution in [2.75, 3.05) is 40.4 Å². The lowest BCUT2D eigenvalue weighted by Gasteiger charge is -2.37. The Bertz CT molecular complexity index is 459. The van der Waals surface area contributed by atoms with Gasteiger partial charge >= 0.3 is 5.97 Å². The van der Waals surface area contributed by atoms with Crippen molar-refractivity contribution in [2.45, 2.75) is 19.3 Å². The number of halogens is 1. The number of likely N-dealkylation sites (tertiary alicyclic amines) is 1. The number of para-hydroxylation sites is 1. The first-order valence-electron chi connectivity index (χ1n) is 7.28. The van der Waals surface area contributed by atoms with Crippen LogP contribution in [-0.2, 0) is 4.74 Å². The molecule has 0 atom stereocenters. The van der Waals surface area contributed by atoms with Gasteiger partial charge in [0.25, 0.3) is 0 Å². The largest absolute Gasteiger partial charge is 1.00 e. The Morgan fingerprint density at radius 2 is 1.86 bits per heavy atom. The summed E-state index contributed by atoms with van der Waals surface area (Å²) in [4.78, 5) is 12.1. The van der Waals surface area contributed by atoms with Crippen LogP contribution in [0.1, 0.15) is 29.6 Å². The molecule has 1 aromatic rings. The zero-order valence-corrected chi connectivity index (χ0v) is 15.0. The minimum atomic E-state index is -0.300. The summed E-state index contributed by atoms with van der Waals surface area (Å²) in [6, 6.07) is 7.17. The van der Waals surface area contributed by atoms with Crippen molar-refractivity contribution in [2.24, 2.45) is 0 Å². The molecule has 1 saturated heterocycles. The highest BCUT2D eigenvalue weighted by atomic mass is 127. The van der Waals surface area contributed by atoms with Crippen LogP contribution in [0.3, 0.4) is 0 Å². The molecular formula is C16H24INO3. The van der Waals surface area contributed by atoms with Crippen LogP contribution in [0.2, 0.25) is 0 Å². The van der Waals surface area contributed by atoms with E-state index in [1.54, 1.807) is 19.2 Å². The number of likely N-dealkylation sites (N-methyl/N-ethyl adjacent to an activating group) is 1. The zero-order chi connectivity index (χ0) is 14.4. The molecule has 2 rings (SSSR count). The van der Waals surface area contributed by atoms with Crippen molar-refractivity contribution < 1.29 is 42.7 Å². The summed E-state index contributed by atoms with van der Waals surface area (Å²) in [5, 5.41) is 0. The summed E-state index contributed by atoms with van der Waals surface area (Å²) in [6.45, 7) is 3.73. The van der Waals surface area contributed by atoms with Crippen LogP contribution in [0.15, 0.2) is 24.3 Å². The number of rotatable bonds is 5. The summed E-state index contributed by atoms with van der Waals surface area (Å²) in [5.74, 6) is 0.266. The lowest BCUT2D eigenvalue weighted by molar-refractivity contribution is -0.914. The van der Waals surface area contributed by atoms with E-state index in [4.69, 9.17) is 9.47 Å². The van der Waals surface area contributed by atoms with Crippen LogP contribution in [-0.4, -0.2) is 50.9 Å². The van der Waals surface area contributed by atoms with E-state index in [1.165, 1.54) is 32.4 Å². The number of nitrogens with zero attached hydrogens (tertiary/aromatic N) is 1. The molecule has 5 heteroatoms. The fraction of sp³-hybridized carbons (Fsp3) is 0.562. The topological polar surface area (TPSA) is 35.5 Å². The number of hydrogen-bond acceptors (Lipinski definition) is 3. The van der Waals surface area contributed by atoms with Gasteiger partial charge in [-0.05, 0) is 31.4 Å². The Balaban J connectivity index is 0.00000220. The van der Waals surface area contributed by atoms with Crippen molar-refractivity contribution in [3.05, 3.63) is 29.8 Å². The summed E-state index contributed by atoms with van der Waals surface area (Å²) >= 11 is 0. The molecule has 1 aliphatic heterocycles. The van der Waals surface area contributed by atoms with Gasteiger partial charge in [-0.1, -0.05) is 12.1 Å². The fourth-order valence-electron chi connectivity index (χ4n) is 2.75. The average molecular weight is 405 g/mol. The number of piperidine rings is 1. The van der Waals surface area contributed by atoms with E-state index in [9.17, 15) is 4.79 Å². The first-order chi connectivity index (χ1) is 9.64. The second-order valence-electron chi connectivity index (χ2n) is 5.69. The second kappa shape index (κ2) is 8.58. The summed E-state index contributed by atoms with van der Waals surface area (Å²) < 4.78 is 11.6. The number of methoxy groups -OCH3 is 1.